The molecule has 2 rings (SSSR count). The lowest BCUT2D eigenvalue weighted by molar-refractivity contribution is -0.120. The zero-order chi connectivity index (χ0) is 12.3. The van der Waals surface area contributed by atoms with Crippen molar-refractivity contribution in [3.8, 4) is 11.5 Å². The van der Waals surface area contributed by atoms with Crippen LogP contribution < -0.4 is 9.47 Å². The number of methoxy groups -OCH3 is 2. The third kappa shape index (κ3) is 2.99. The van der Waals surface area contributed by atoms with Gasteiger partial charge in [0.25, 0.3) is 0 Å². The first kappa shape index (κ1) is 12.0. The maximum atomic E-state index is 11.6. The van der Waals surface area contributed by atoms with Gasteiger partial charge in [0.2, 0.25) is 0 Å². The molecule has 3 heteroatoms. The molecule has 1 aliphatic rings. The van der Waals surface area contributed by atoms with E-state index in [1.807, 2.05) is 18.2 Å². The molecule has 0 radical (unpaired) electrons. The van der Waals surface area contributed by atoms with E-state index in [-0.39, 0.29) is 0 Å². The number of carbonyl (C=O) groups is 1. The van der Waals surface area contributed by atoms with Crippen molar-refractivity contribution in [2.75, 3.05) is 14.2 Å². The summed E-state index contributed by atoms with van der Waals surface area (Å²) in [6, 6.07) is 5.73. The first-order valence-electron chi connectivity index (χ1n) is 5.98. The molecular weight excluding hydrogens is 216 g/mol. The van der Waals surface area contributed by atoms with E-state index in [1.54, 1.807) is 14.2 Å². The van der Waals surface area contributed by atoms with Crippen LogP contribution in [0, 0.1) is 5.92 Å². The summed E-state index contributed by atoms with van der Waals surface area (Å²) in [5, 5.41) is 0. The summed E-state index contributed by atoms with van der Waals surface area (Å²) in [4.78, 5) is 11.6. The summed E-state index contributed by atoms with van der Waals surface area (Å²) in [7, 11) is 3.27. The number of hydrogen-bond acceptors (Lipinski definition) is 3. The summed E-state index contributed by atoms with van der Waals surface area (Å²) in [5.74, 6) is 2.31. The van der Waals surface area contributed by atoms with Crippen LogP contribution in [-0.2, 0) is 11.2 Å². The van der Waals surface area contributed by atoms with Gasteiger partial charge in [-0.25, -0.2) is 0 Å². The molecule has 0 unspecified atom stereocenters. The molecule has 1 fully saturated rings. The van der Waals surface area contributed by atoms with E-state index in [2.05, 4.69) is 0 Å². The molecule has 0 spiro atoms. The molecule has 0 saturated heterocycles. The monoisotopic (exact) mass is 234 g/mol. The van der Waals surface area contributed by atoms with Gasteiger partial charge in [0, 0.05) is 18.4 Å². The molecule has 0 aromatic heterocycles. The third-order valence-electron chi connectivity index (χ3n) is 3.17. The number of ketones is 1. The van der Waals surface area contributed by atoms with Crippen LogP contribution in [0.1, 0.15) is 24.8 Å². The van der Waals surface area contributed by atoms with E-state index in [0.717, 1.165) is 36.3 Å². The molecule has 0 N–H and O–H groups in total. The van der Waals surface area contributed by atoms with Crippen LogP contribution >= 0.6 is 0 Å². The van der Waals surface area contributed by atoms with E-state index in [9.17, 15) is 4.79 Å². The van der Waals surface area contributed by atoms with Gasteiger partial charge >= 0.3 is 0 Å². The summed E-state index contributed by atoms with van der Waals surface area (Å²) < 4.78 is 10.4. The van der Waals surface area contributed by atoms with Gasteiger partial charge in [-0.2, -0.15) is 0 Å². The van der Waals surface area contributed by atoms with Gasteiger partial charge in [0.05, 0.1) is 14.2 Å². The fourth-order valence-corrected chi connectivity index (χ4v) is 1.93. The van der Waals surface area contributed by atoms with Crippen molar-refractivity contribution in [2.45, 2.75) is 25.7 Å². The highest BCUT2D eigenvalue weighted by molar-refractivity contribution is 5.83. The first-order valence-corrected chi connectivity index (χ1v) is 5.98. The number of Topliss-reactive ketones (excluding diaryl/α,β-unsaturated/α-hetero) is 1. The summed E-state index contributed by atoms with van der Waals surface area (Å²) in [5.41, 5.74) is 1.07. The molecule has 1 aromatic rings. The molecule has 3 nitrogen and oxygen atoms in total. The van der Waals surface area contributed by atoms with Crippen LogP contribution in [0.4, 0.5) is 0 Å². The van der Waals surface area contributed by atoms with Crippen molar-refractivity contribution in [2.24, 2.45) is 5.92 Å². The van der Waals surface area contributed by atoms with Gasteiger partial charge in [0.1, 0.15) is 17.3 Å². The molecule has 17 heavy (non-hydrogen) atoms. The summed E-state index contributed by atoms with van der Waals surface area (Å²) in [6.07, 6.45) is 3.53. The Labute approximate surface area is 102 Å². The molecule has 1 saturated carbocycles. The molecule has 0 amide bonds. The Morgan fingerprint density at radius 2 is 2.06 bits per heavy atom. The second-order valence-corrected chi connectivity index (χ2v) is 4.42. The van der Waals surface area contributed by atoms with Crippen LogP contribution in [0.2, 0.25) is 0 Å². The smallest absolute Gasteiger partial charge is 0.136 e. The number of hydrogen-bond donors (Lipinski definition) is 0. The van der Waals surface area contributed by atoms with Gasteiger partial charge in [-0.3, -0.25) is 4.79 Å². The zero-order valence-corrected chi connectivity index (χ0v) is 10.4. The molecular formula is C14H18O3. The summed E-state index contributed by atoms with van der Waals surface area (Å²) >= 11 is 0. The SMILES string of the molecule is COc1ccc(CCC(=O)C2CC2)c(OC)c1. The molecule has 0 aliphatic heterocycles. The second kappa shape index (κ2) is 5.21. The number of rotatable bonds is 6. The van der Waals surface area contributed by atoms with Crippen molar-refractivity contribution in [1.29, 1.82) is 0 Å². The minimum absolute atomic E-state index is 0.347. The topological polar surface area (TPSA) is 35.5 Å². The van der Waals surface area contributed by atoms with Crippen LogP contribution in [0.3, 0.4) is 0 Å². The Hall–Kier alpha value is -1.51. The van der Waals surface area contributed by atoms with Gasteiger partial charge in [-0.05, 0) is 30.9 Å². The quantitative estimate of drug-likeness (QED) is 0.759. The van der Waals surface area contributed by atoms with Crippen molar-refractivity contribution < 1.29 is 14.3 Å². The lowest BCUT2D eigenvalue weighted by atomic mass is 10.0. The number of ether oxygens (including phenoxy) is 2. The van der Waals surface area contributed by atoms with Gasteiger partial charge in [0.15, 0.2) is 0 Å². The largest absolute Gasteiger partial charge is 0.497 e. The van der Waals surface area contributed by atoms with Gasteiger partial charge in [-0.1, -0.05) is 6.07 Å². The van der Waals surface area contributed by atoms with E-state index in [0.29, 0.717) is 18.1 Å². The van der Waals surface area contributed by atoms with Crippen LogP contribution in [0.25, 0.3) is 0 Å². The Morgan fingerprint density at radius 1 is 1.29 bits per heavy atom. The molecule has 1 aromatic carbocycles. The normalized spacial score (nSPS) is 14.5. The number of carbonyl (C=O) groups excluding carboxylic acids is 1. The molecule has 0 bridgehead atoms. The highest BCUT2D eigenvalue weighted by Crippen LogP contribution is 2.32. The molecule has 92 valence electrons. The molecule has 0 atom stereocenters. The Morgan fingerprint density at radius 3 is 2.65 bits per heavy atom. The van der Waals surface area contributed by atoms with Crippen LogP contribution in [0.15, 0.2) is 18.2 Å². The van der Waals surface area contributed by atoms with Crippen molar-refractivity contribution in [3.63, 3.8) is 0 Å². The predicted molar refractivity (Wildman–Crippen MR) is 65.6 cm³/mol. The maximum Gasteiger partial charge on any atom is 0.136 e. The zero-order valence-electron chi connectivity index (χ0n) is 10.4. The Balaban J connectivity index is 2.01. The van der Waals surface area contributed by atoms with Crippen molar-refractivity contribution in [3.05, 3.63) is 23.8 Å². The fraction of sp³-hybridized carbons (Fsp3) is 0.500. The standard InChI is InChI=1S/C14H18O3/c1-16-12-7-5-11(14(9-12)17-2)6-8-13(15)10-3-4-10/h5,7,9-10H,3-4,6,8H2,1-2H3. The van der Waals surface area contributed by atoms with Crippen LogP contribution in [0.5, 0.6) is 11.5 Å². The Bertz CT molecular complexity index is 408. The van der Waals surface area contributed by atoms with Gasteiger partial charge in [-0.15, -0.1) is 0 Å². The third-order valence-corrected chi connectivity index (χ3v) is 3.17. The van der Waals surface area contributed by atoms with Gasteiger partial charge < -0.3 is 9.47 Å². The maximum absolute atomic E-state index is 11.6. The van der Waals surface area contributed by atoms with E-state index in [4.69, 9.17) is 9.47 Å². The highest BCUT2D eigenvalue weighted by Gasteiger charge is 2.28. The number of benzene rings is 1. The van der Waals surface area contributed by atoms with E-state index >= 15 is 0 Å². The predicted octanol–water partition coefficient (Wildman–Crippen LogP) is 2.62. The minimum atomic E-state index is 0.347. The lowest BCUT2D eigenvalue weighted by Gasteiger charge is -2.09. The van der Waals surface area contributed by atoms with E-state index in [1.165, 1.54) is 0 Å². The fourth-order valence-electron chi connectivity index (χ4n) is 1.93. The van der Waals surface area contributed by atoms with Crippen molar-refractivity contribution in [1.82, 2.24) is 0 Å². The van der Waals surface area contributed by atoms with Crippen LogP contribution in [-0.4, -0.2) is 20.0 Å². The minimum Gasteiger partial charge on any atom is -0.497 e. The van der Waals surface area contributed by atoms with E-state index < -0.39 is 0 Å². The lowest BCUT2D eigenvalue weighted by Crippen LogP contribution is -2.03. The molecule has 1 aliphatic carbocycles. The van der Waals surface area contributed by atoms with Crippen molar-refractivity contribution >= 4 is 5.78 Å². The number of aryl methyl sites for hydroxylation is 1. The first-order chi connectivity index (χ1) is 8.24. The average Bonchev–Trinajstić information content (AvgIpc) is 3.19. The average molecular weight is 234 g/mol. The second-order valence-electron chi connectivity index (χ2n) is 4.42. The highest BCUT2D eigenvalue weighted by atomic mass is 16.5. The molecule has 0 heterocycles. The Kier molecular flexibility index (Phi) is 3.67. The summed E-state index contributed by atoms with van der Waals surface area (Å²) in [6.45, 7) is 0.